The van der Waals surface area contributed by atoms with Crippen LogP contribution in [-0.4, -0.2) is 37.6 Å². The molecule has 1 atom stereocenters. The van der Waals surface area contributed by atoms with Gasteiger partial charge in [-0.1, -0.05) is 6.92 Å². The van der Waals surface area contributed by atoms with E-state index in [1.165, 1.54) is 0 Å². The van der Waals surface area contributed by atoms with Crippen LogP contribution >= 0.6 is 0 Å². The Morgan fingerprint density at radius 2 is 1.88 bits per heavy atom. The Hall–Kier alpha value is -1.10. The molecule has 2 N–H and O–H groups in total. The number of amides is 1. The first-order valence-electron chi connectivity index (χ1n) is 5.64. The molecule has 0 aromatic rings. The first kappa shape index (κ1) is 14.9. The first-order valence-corrected chi connectivity index (χ1v) is 5.64. The molecule has 0 rings (SSSR count). The molecule has 0 spiro atoms. The molecule has 0 aliphatic rings. The van der Waals surface area contributed by atoms with Crippen molar-refractivity contribution in [3.05, 3.63) is 0 Å². The van der Waals surface area contributed by atoms with E-state index in [9.17, 15) is 9.59 Å². The summed E-state index contributed by atoms with van der Waals surface area (Å²) in [5.41, 5.74) is 0. The third-order valence-electron chi connectivity index (χ3n) is 1.87. The molecule has 0 bridgehead atoms. The second-order valence-corrected chi connectivity index (χ2v) is 4.01. The molecule has 0 aromatic heterocycles. The van der Waals surface area contributed by atoms with Crippen LogP contribution in [0.2, 0.25) is 0 Å². The highest BCUT2D eigenvalue weighted by Gasteiger charge is 2.13. The fourth-order valence-electron chi connectivity index (χ4n) is 1.14. The molecule has 0 aromatic carbocycles. The standard InChI is InChI=1S/C11H22N2O3/c1-5-16-11(15)9(4)6-12-7-10(14)13-8(2)3/h8-9,12H,5-7H2,1-4H3,(H,13,14). The van der Waals surface area contributed by atoms with Crippen molar-refractivity contribution in [2.45, 2.75) is 33.7 Å². The van der Waals surface area contributed by atoms with Crippen molar-refractivity contribution < 1.29 is 14.3 Å². The van der Waals surface area contributed by atoms with Crippen molar-refractivity contribution >= 4 is 11.9 Å². The van der Waals surface area contributed by atoms with Gasteiger partial charge >= 0.3 is 5.97 Å². The van der Waals surface area contributed by atoms with Gasteiger partial charge in [-0.25, -0.2) is 0 Å². The normalized spacial score (nSPS) is 12.3. The van der Waals surface area contributed by atoms with Crippen LogP contribution in [0.4, 0.5) is 0 Å². The minimum Gasteiger partial charge on any atom is -0.466 e. The van der Waals surface area contributed by atoms with Gasteiger partial charge in [-0.3, -0.25) is 9.59 Å². The van der Waals surface area contributed by atoms with Crippen molar-refractivity contribution in [2.75, 3.05) is 19.7 Å². The number of hydrogen-bond acceptors (Lipinski definition) is 4. The van der Waals surface area contributed by atoms with Gasteiger partial charge in [0.25, 0.3) is 0 Å². The second-order valence-electron chi connectivity index (χ2n) is 4.01. The molecule has 16 heavy (non-hydrogen) atoms. The lowest BCUT2D eigenvalue weighted by Gasteiger charge is -2.12. The van der Waals surface area contributed by atoms with Crippen LogP contribution in [-0.2, 0) is 14.3 Å². The molecule has 0 aliphatic carbocycles. The highest BCUT2D eigenvalue weighted by Crippen LogP contribution is 1.96. The van der Waals surface area contributed by atoms with E-state index < -0.39 is 0 Å². The maximum Gasteiger partial charge on any atom is 0.309 e. The molecule has 5 heteroatoms. The Morgan fingerprint density at radius 1 is 1.25 bits per heavy atom. The number of carbonyl (C=O) groups excluding carboxylic acids is 2. The van der Waals surface area contributed by atoms with Crippen molar-refractivity contribution in [3.8, 4) is 0 Å². The summed E-state index contributed by atoms with van der Waals surface area (Å²) in [4.78, 5) is 22.5. The summed E-state index contributed by atoms with van der Waals surface area (Å²) in [6.07, 6.45) is 0. The van der Waals surface area contributed by atoms with Gasteiger partial charge in [0.05, 0.1) is 19.1 Å². The average molecular weight is 230 g/mol. The van der Waals surface area contributed by atoms with E-state index in [0.29, 0.717) is 13.2 Å². The summed E-state index contributed by atoms with van der Waals surface area (Å²) in [6, 6.07) is 0.136. The summed E-state index contributed by atoms with van der Waals surface area (Å²) >= 11 is 0. The smallest absolute Gasteiger partial charge is 0.309 e. The van der Waals surface area contributed by atoms with Crippen LogP contribution < -0.4 is 10.6 Å². The van der Waals surface area contributed by atoms with E-state index in [-0.39, 0.29) is 30.4 Å². The Bertz CT molecular complexity index is 229. The summed E-state index contributed by atoms with van der Waals surface area (Å²) in [5.74, 6) is -0.530. The minimum absolute atomic E-state index is 0.0638. The lowest BCUT2D eigenvalue weighted by molar-refractivity contribution is -0.147. The third kappa shape index (κ3) is 7.23. The molecule has 0 fully saturated rings. The zero-order valence-electron chi connectivity index (χ0n) is 10.5. The van der Waals surface area contributed by atoms with E-state index in [1.807, 2.05) is 13.8 Å². The lowest BCUT2D eigenvalue weighted by Crippen LogP contribution is -2.39. The lowest BCUT2D eigenvalue weighted by atomic mass is 10.2. The number of hydrogen-bond donors (Lipinski definition) is 2. The van der Waals surface area contributed by atoms with Gasteiger partial charge in [-0.2, -0.15) is 0 Å². The van der Waals surface area contributed by atoms with E-state index in [0.717, 1.165) is 0 Å². The maximum atomic E-state index is 11.2. The Labute approximate surface area is 96.9 Å². The minimum atomic E-state index is -0.237. The molecule has 0 aliphatic heterocycles. The third-order valence-corrected chi connectivity index (χ3v) is 1.87. The maximum absolute atomic E-state index is 11.2. The van der Waals surface area contributed by atoms with E-state index >= 15 is 0 Å². The van der Waals surface area contributed by atoms with Crippen LogP contribution in [0.5, 0.6) is 0 Å². The number of rotatable bonds is 7. The van der Waals surface area contributed by atoms with E-state index in [2.05, 4.69) is 10.6 Å². The fraction of sp³-hybridized carbons (Fsp3) is 0.818. The SMILES string of the molecule is CCOC(=O)C(C)CNCC(=O)NC(C)C. The predicted molar refractivity (Wildman–Crippen MR) is 61.9 cm³/mol. The molecule has 0 saturated heterocycles. The molecule has 0 saturated carbocycles. The molecular weight excluding hydrogens is 208 g/mol. The van der Waals surface area contributed by atoms with Gasteiger partial charge in [0.2, 0.25) is 5.91 Å². The molecule has 0 heterocycles. The zero-order chi connectivity index (χ0) is 12.6. The van der Waals surface area contributed by atoms with Gasteiger partial charge in [0.1, 0.15) is 0 Å². The largest absolute Gasteiger partial charge is 0.466 e. The summed E-state index contributed by atoms with van der Waals surface area (Å²) in [6.45, 7) is 8.40. The fourth-order valence-corrected chi connectivity index (χ4v) is 1.14. The molecule has 1 unspecified atom stereocenters. The van der Waals surface area contributed by atoms with Gasteiger partial charge < -0.3 is 15.4 Å². The van der Waals surface area contributed by atoms with Crippen LogP contribution in [0.3, 0.4) is 0 Å². The molecule has 5 nitrogen and oxygen atoms in total. The predicted octanol–water partition coefficient (Wildman–Crippen LogP) is 0.300. The average Bonchev–Trinajstić information content (AvgIpc) is 2.16. The summed E-state index contributed by atoms with van der Waals surface area (Å²) < 4.78 is 4.85. The topological polar surface area (TPSA) is 67.4 Å². The molecule has 94 valence electrons. The Balaban J connectivity index is 3.65. The highest BCUT2D eigenvalue weighted by atomic mass is 16.5. The van der Waals surface area contributed by atoms with E-state index in [4.69, 9.17) is 4.74 Å². The molecule has 1 amide bonds. The number of ether oxygens (including phenoxy) is 1. The highest BCUT2D eigenvalue weighted by molar-refractivity contribution is 5.78. The second kappa shape index (κ2) is 8.10. The van der Waals surface area contributed by atoms with Crippen LogP contribution in [0.15, 0.2) is 0 Å². The Morgan fingerprint density at radius 3 is 2.38 bits per heavy atom. The first-order chi connectivity index (χ1) is 7.47. The quantitative estimate of drug-likeness (QED) is 0.617. The van der Waals surface area contributed by atoms with E-state index in [1.54, 1.807) is 13.8 Å². The number of esters is 1. The van der Waals surface area contributed by atoms with Gasteiger partial charge in [-0.15, -0.1) is 0 Å². The van der Waals surface area contributed by atoms with Gasteiger partial charge in [0, 0.05) is 12.6 Å². The van der Waals surface area contributed by atoms with Crippen molar-refractivity contribution in [2.24, 2.45) is 5.92 Å². The molecular formula is C11H22N2O3. The molecule has 0 radical (unpaired) electrons. The van der Waals surface area contributed by atoms with Crippen LogP contribution in [0.25, 0.3) is 0 Å². The van der Waals surface area contributed by atoms with Crippen LogP contribution in [0, 0.1) is 5.92 Å². The monoisotopic (exact) mass is 230 g/mol. The van der Waals surface area contributed by atoms with Crippen molar-refractivity contribution in [1.29, 1.82) is 0 Å². The van der Waals surface area contributed by atoms with Crippen LogP contribution in [0.1, 0.15) is 27.7 Å². The van der Waals surface area contributed by atoms with Crippen molar-refractivity contribution in [1.82, 2.24) is 10.6 Å². The summed E-state index contributed by atoms with van der Waals surface area (Å²) in [7, 11) is 0. The summed E-state index contributed by atoms with van der Waals surface area (Å²) in [5, 5.41) is 5.67. The number of carbonyl (C=O) groups is 2. The van der Waals surface area contributed by atoms with Gasteiger partial charge in [-0.05, 0) is 20.8 Å². The van der Waals surface area contributed by atoms with Gasteiger partial charge in [0.15, 0.2) is 0 Å². The zero-order valence-corrected chi connectivity index (χ0v) is 10.5. The Kier molecular flexibility index (Phi) is 7.54. The van der Waals surface area contributed by atoms with Crippen molar-refractivity contribution in [3.63, 3.8) is 0 Å². The number of nitrogens with one attached hydrogen (secondary N) is 2.